The van der Waals surface area contributed by atoms with Crippen LogP contribution in [-0.4, -0.2) is 31.8 Å². The van der Waals surface area contributed by atoms with E-state index in [4.69, 9.17) is 4.74 Å². The predicted octanol–water partition coefficient (Wildman–Crippen LogP) is 4.16. The first-order chi connectivity index (χ1) is 15.6. The predicted molar refractivity (Wildman–Crippen MR) is 124 cm³/mol. The van der Waals surface area contributed by atoms with Gasteiger partial charge in [0.2, 0.25) is 0 Å². The Morgan fingerprint density at radius 3 is 2.56 bits per heavy atom. The van der Waals surface area contributed by atoms with E-state index in [9.17, 15) is 4.79 Å². The standard InChI is InChI=1S/C23H19BrN6O2/c1-16(19-3-2-4-21(13-19)30-15-25-28-29-30)26-27-23(31)18-7-5-17(6-8-18)14-32-22-11-9-20(24)10-12-22/h2-13,15H,14H2,1H3,(H,27,31)/b26-16+. The third-order valence-corrected chi connectivity index (χ3v) is 5.17. The maximum atomic E-state index is 12.5. The third kappa shape index (κ3) is 5.44. The van der Waals surface area contributed by atoms with Gasteiger partial charge >= 0.3 is 0 Å². The number of carbonyl (C=O) groups excluding carboxylic acids is 1. The molecule has 0 fully saturated rings. The molecule has 0 spiro atoms. The molecule has 0 saturated heterocycles. The average molecular weight is 491 g/mol. The van der Waals surface area contributed by atoms with Crippen LogP contribution in [0.3, 0.4) is 0 Å². The summed E-state index contributed by atoms with van der Waals surface area (Å²) in [5, 5.41) is 15.4. The summed E-state index contributed by atoms with van der Waals surface area (Å²) in [5.74, 6) is 0.491. The van der Waals surface area contributed by atoms with E-state index in [1.807, 2.05) is 67.6 Å². The van der Waals surface area contributed by atoms with Crippen LogP contribution in [0.25, 0.3) is 5.69 Å². The van der Waals surface area contributed by atoms with Crippen molar-refractivity contribution >= 4 is 27.5 Å². The number of carbonyl (C=O) groups is 1. The van der Waals surface area contributed by atoms with E-state index in [0.717, 1.165) is 27.0 Å². The molecule has 0 aliphatic carbocycles. The highest BCUT2D eigenvalue weighted by Gasteiger charge is 2.07. The van der Waals surface area contributed by atoms with Crippen molar-refractivity contribution in [2.75, 3.05) is 0 Å². The number of rotatable bonds is 7. The van der Waals surface area contributed by atoms with Crippen LogP contribution in [0.5, 0.6) is 5.75 Å². The van der Waals surface area contributed by atoms with E-state index in [0.29, 0.717) is 17.9 Å². The average Bonchev–Trinajstić information content (AvgIpc) is 3.37. The van der Waals surface area contributed by atoms with Crippen LogP contribution in [0.1, 0.15) is 28.4 Å². The zero-order valence-corrected chi connectivity index (χ0v) is 18.7. The molecule has 8 nitrogen and oxygen atoms in total. The minimum atomic E-state index is -0.290. The molecular formula is C23H19BrN6O2. The summed E-state index contributed by atoms with van der Waals surface area (Å²) in [4.78, 5) is 12.5. The van der Waals surface area contributed by atoms with Crippen molar-refractivity contribution < 1.29 is 9.53 Å². The van der Waals surface area contributed by atoms with Gasteiger partial charge < -0.3 is 4.74 Å². The second-order valence-corrected chi connectivity index (χ2v) is 7.80. The Morgan fingerprint density at radius 2 is 1.84 bits per heavy atom. The summed E-state index contributed by atoms with van der Waals surface area (Å²) in [6, 6.07) is 22.4. The molecule has 0 radical (unpaired) electrons. The normalized spacial score (nSPS) is 11.2. The molecule has 0 aliphatic rings. The fourth-order valence-corrected chi connectivity index (χ4v) is 3.13. The van der Waals surface area contributed by atoms with E-state index < -0.39 is 0 Å². The van der Waals surface area contributed by atoms with Crippen LogP contribution in [0, 0.1) is 0 Å². The van der Waals surface area contributed by atoms with Crippen molar-refractivity contribution in [3.05, 3.63) is 100 Å². The van der Waals surface area contributed by atoms with Gasteiger partial charge in [0.15, 0.2) is 0 Å². The largest absolute Gasteiger partial charge is 0.489 e. The number of nitrogens with one attached hydrogen (secondary N) is 1. The lowest BCUT2D eigenvalue weighted by Crippen LogP contribution is -2.19. The van der Waals surface area contributed by atoms with Crippen LogP contribution >= 0.6 is 15.9 Å². The fourth-order valence-electron chi connectivity index (χ4n) is 2.87. The Balaban J connectivity index is 1.35. The van der Waals surface area contributed by atoms with Crippen molar-refractivity contribution in [3.63, 3.8) is 0 Å². The zero-order chi connectivity index (χ0) is 22.3. The van der Waals surface area contributed by atoms with Gasteiger partial charge in [0, 0.05) is 10.0 Å². The molecule has 32 heavy (non-hydrogen) atoms. The Bertz CT molecular complexity index is 1220. The molecule has 0 saturated carbocycles. The maximum Gasteiger partial charge on any atom is 0.271 e. The summed E-state index contributed by atoms with van der Waals surface area (Å²) in [5.41, 5.74) is 6.38. The molecule has 9 heteroatoms. The zero-order valence-electron chi connectivity index (χ0n) is 17.1. The number of halogens is 1. The Hall–Kier alpha value is -3.85. The molecule has 3 aromatic carbocycles. The molecule has 160 valence electrons. The minimum Gasteiger partial charge on any atom is -0.489 e. The van der Waals surface area contributed by atoms with Gasteiger partial charge in [-0.05, 0) is 77.0 Å². The number of hydrogen-bond acceptors (Lipinski definition) is 6. The van der Waals surface area contributed by atoms with Crippen LogP contribution < -0.4 is 10.2 Å². The monoisotopic (exact) mass is 490 g/mol. The molecule has 0 atom stereocenters. The molecule has 0 unspecified atom stereocenters. The molecule has 1 aromatic heterocycles. The molecule has 0 bridgehead atoms. The minimum absolute atomic E-state index is 0.290. The number of aromatic nitrogens is 4. The number of hydrogen-bond donors (Lipinski definition) is 1. The number of tetrazole rings is 1. The summed E-state index contributed by atoms with van der Waals surface area (Å²) >= 11 is 3.40. The molecular weight excluding hydrogens is 472 g/mol. The highest BCUT2D eigenvalue weighted by Crippen LogP contribution is 2.17. The summed E-state index contributed by atoms with van der Waals surface area (Å²) < 4.78 is 8.31. The quantitative estimate of drug-likeness (QED) is 0.310. The van der Waals surface area contributed by atoms with E-state index in [1.54, 1.807) is 16.8 Å². The molecule has 0 aliphatic heterocycles. The first kappa shape index (κ1) is 21.4. The van der Waals surface area contributed by atoms with Crippen molar-refractivity contribution in [1.29, 1.82) is 0 Å². The summed E-state index contributed by atoms with van der Waals surface area (Å²) in [6.45, 7) is 2.24. The maximum absolute atomic E-state index is 12.5. The number of amides is 1. The van der Waals surface area contributed by atoms with E-state index >= 15 is 0 Å². The molecule has 1 heterocycles. The third-order valence-electron chi connectivity index (χ3n) is 4.64. The summed E-state index contributed by atoms with van der Waals surface area (Å²) in [6.07, 6.45) is 1.51. The lowest BCUT2D eigenvalue weighted by atomic mass is 10.1. The Morgan fingerprint density at radius 1 is 1.06 bits per heavy atom. The fraction of sp³-hybridized carbons (Fsp3) is 0.0870. The Kier molecular flexibility index (Phi) is 6.66. The van der Waals surface area contributed by atoms with E-state index in [2.05, 4.69) is 42.0 Å². The van der Waals surface area contributed by atoms with E-state index in [1.165, 1.54) is 6.33 Å². The van der Waals surface area contributed by atoms with Crippen molar-refractivity contribution in [3.8, 4) is 11.4 Å². The van der Waals surface area contributed by atoms with E-state index in [-0.39, 0.29) is 5.91 Å². The lowest BCUT2D eigenvalue weighted by molar-refractivity contribution is 0.0955. The van der Waals surface area contributed by atoms with Gasteiger partial charge in [-0.25, -0.2) is 10.1 Å². The van der Waals surface area contributed by atoms with Gasteiger partial charge in [-0.2, -0.15) is 5.10 Å². The molecule has 1 amide bonds. The van der Waals surface area contributed by atoms with Crippen LogP contribution in [-0.2, 0) is 6.61 Å². The number of benzene rings is 3. The topological polar surface area (TPSA) is 94.3 Å². The van der Waals surface area contributed by atoms with Gasteiger partial charge in [-0.3, -0.25) is 4.79 Å². The Labute approximate surface area is 193 Å². The first-order valence-electron chi connectivity index (χ1n) is 9.74. The number of hydrazone groups is 1. The van der Waals surface area contributed by atoms with Gasteiger partial charge in [-0.1, -0.05) is 40.2 Å². The first-order valence-corrected chi connectivity index (χ1v) is 10.5. The van der Waals surface area contributed by atoms with Gasteiger partial charge in [0.25, 0.3) is 5.91 Å². The molecule has 4 aromatic rings. The highest BCUT2D eigenvalue weighted by atomic mass is 79.9. The number of ether oxygens (including phenoxy) is 1. The van der Waals surface area contributed by atoms with Gasteiger partial charge in [-0.15, -0.1) is 5.10 Å². The van der Waals surface area contributed by atoms with Crippen molar-refractivity contribution in [1.82, 2.24) is 25.6 Å². The second kappa shape index (κ2) is 9.97. The lowest BCUT2D eigenvalue weighted by Gasteiger charge is -2.08. The van der Waals surface area contributed by atoms with Gasteiger partial charge in [0.05, 0.1) is 11.4 Å². The SMILES string of the molecule is C/C(=N\NC(=O)c1ccc(COc2ccc(Br)cc2)cc1)c1cccc(-n2cnnn2)c1. The summed E-state index contributed by atoms with van der Waals surface area (Å²) in [7, 11) is 0. The van der Waals surface area contributed by atoms with Crippen molar-refractivity contribution in [2.24, 2.45) is 5.10 Å². The molecule has 4 rings (SSSR count). The number of nitrogens with zero attached hydrogens (tertiary/aromatic N) is 5. The molecule has 1 N–H and O–H groups in total. The van der Waals surface area contributed by atoms with Gasteiger partial charge in [0.1, 0.15) is 18.7 Å². The van der Waals surface area contributed by atoms with Crippen LogP contribution in [0.2, 0.25) is 0 Å². The highest BCUT2D eigenvalue weighted by molar-refractivity contribution is 9.10. The van der Waals surface area contributed by atoms with Crippen LogP contribution in [0.4, 0.5) is 0 Å². The second-order valence-electron chi connectivity index (χ2n) is 6.88. The van der Waals surface area contributed by atoms with Crippen molar-refractivity contribution in [2.45, 2.75) is 13.5 Å². The van der Waals surface area contributed by atoms with Crippen LogP contribution in [0.15, 0.2) is 88.7 Å². The smallest absolute Gasteiger partial charge is 0.271 e.